The van der Waals surface area contributed by atoms with E-state index in [9.17, 15) is 9.59 Å². The van der Waals surface area contributed by atoms with Crippen molar-refractivity contribution in [3.8, 4) is 5.75 Å². The maximum atomic E-state index is 13.0. The highest BCUT2D eigenvalue weighted by Crippen LogP contribution is 2.24. The number of carbonyl (C=O) groups is 2. The molecule has 2 atom stereocenters. The van der Waals surface area contributed by atoms with Crippen molar-refractivity contribution in [2.24, 2.45) is 0 Å². The molecule has 1 fully saturated rings. The highest BCUT2D eigenvalue weighted by Gasteiger charge is 2.33. The number of ether oxygens (including phenoxy) is 1. The van der Waals surface area contributed by atoms with Gasteiger partial charge in [-0.2, -0.15) is 0 Å². The van der Waals surface area contributed by atoms with E-state index in [1.54, 1.807) is 12.0 Å². The molecule has 156 valence electrons. The molecule has 1 N–H and O–H groups in total. The fraction of sp³-hybridized carbons (Fsp3) is 0.455. The van der Waals surface area contributed by atoms with Crippen LogP contribution in [0.15, 0.2) is 41.8 Å². The van der Waals surface area contributed by atoms with E-state index in [4.69, 9.17) is 4.74 Å². The molecule has 1 aromatic carbocycles. The maximum absolute atomic E-state index is 13.0. The second kappa shape index (κ2) is 9.89. The van der Waals surface area contributed by atoms with Gasteiger partial charge in [-0.3, -0.25) is 9.59 Å². The van der Waals surface area contributed by atoms with Gasteiger partial charge in [0.2, 0.25) is 5.91 Å². The standard InChI is InChI=1S/C22H29N3O3S/c1-24(2)19(16-8-6-9-17(14-16)28-3)15-23-21(26)18-10-4-5-12-25(18)22(27)20-11-7-13-29-20/h6-9,11,13-14,18-19H,4-5,10,12,15H2,1-3H3,(H,23,26). The van der Waals surface area contributed by atoms with Gasteiger partial charge in [0.25, 0.3) is 5.91 Å². The van der Waals surface area contributed by atoms with Gasteiger partial charge in [-0.1, -0.05) is 18.2 Å². The van der Waals surface area contributed by atoms with Crippen LogP contribution >= 0.6 is 11.3 Å². The molecule has 29 heavy (non-hydrogen) atoms. The number of likely N-dealkylation sites (N-methyl/N-ethyl adjacent to an activating group) is 1. The molecule has 6 nitrogen and oxygen atoms in total. The van der Waals surface area contributed by atoms with Gasteiger partial charge in [0.15, 0.2) is 0 Å². The predicted octanol–water partition coefficient (Wildman–Crippen LogP) is 3.17. The zero-order valence-corrected chi connectivity index (χ0v) is 18.1. The van der Waals surface area contributed by atoms with Gasteiger partial charge >= 0.3 is 0 Å². The van der Waals surface area contributed by atoms with Crippen LogP contribution in [0, 0.1) is 0 Å². The summed E-state index contributed by atoms with van der Waals surface area (Å²) in [5, 5.41) is 4.98. The fourth-order valence-electron chi connectivity index (χ4n) is 3.75. The number of nitrogens with one attached hydrogen (secondary N) is 1. The van der Waals surface area contributed by atoms with Crippen LogP contribution in [0.5, 0.6) is 5.75 Å². The first-order valence-electron chi connectivity index (χ1n) is 9.94. The van der Waals surface area contributed by atoms with Crippen LogP contribution in [0.4, 0.5) is 0 Å². The van der Waals surface area contributed by atoms with E-state index in [0.29, 0.717) is 24.4 Å². The molecule has 1 aliphatic heterocycles. The van der Waals surface area contributed by atoms with E-state index >= 15 is 0 Å². The minimum Gasteiger partial charge on any atom is -0.497 e. The topological polar surface area (TPSA) is 61.9 Å². The van der Waals surface area contributed by atoms with Crippen LogP contribution < -0.4 is 10.1 Å². The number of methoxy groups -OCH3 is 1. The molecule has 0 radical (unpaired) electrons. The van der Waals surface area contributed by atoms with E-state index in [0.717, 1.165) is 24.2 Å². The van der Waals surface area contributed by atoms with Crippen molar-refractivity contribution in [2.75, 3.05) is 34.3 Å². The second-order valence-electron chi connectivity index (χ2n) is 7.49. The van der Waals surface area contributed by atoms with E-state index in [1.807, 2.05) is 55.9 Å². The Morgan fingerprint density at radius 3 is 2.79 bits per heavy atom. The van der Waals surface area contributed by atoms with Crippen LogP contribution in [0.25, 0.3) is 0 Å². The lowest BCUT2D eigenvalue weighted by atomic mass is 10.0. The van der Waals surface area contributed by atoms with E-state index in [1.165, 1.54) is 11.3 Å². The average Bonchev–Trinajstić information content (AvgIpc) is 3.28. The minimum absolute atomic E-state index is 0.0130. The number of hydrogen-bond acceptors (Lipinski definition) is 5. The first-order chi connectivity index (χ1) is 14.0. The van der Waals surface area contributed by atoms with Crippen LogP contribution in [-0.2, 0) is 4.79 Å². The average molecular weight is 416 g/mol. The molecule has 0 aliphatic carbocycles. The molecule has 0 bridgehead atoms. The zero-order valence-electron chi connectivity index (χ0n) is 17.3. The molecule has 0 saturated carbocycles. The van der Waals surface area contributed by atoms with Crippen LogP contribution in [0.3, 0.4) is 0 Å². The summed E-state index contributed by atoms with van der Waals surface area (Å²) in [6, 6.07) is 11.2. The van der Waals surface area contributed by atoms with Gasteiger partial charge in [0.1, 0.15) is 11.8 Å². The van der Waals surface area contributed by atoms with Gasteiger partial charge in [-0.15, -0.1) is 11.3 Å². The predicted molar refractivity (Wildman–Crippen MR) is 115 cm³/mol. The normalized spacial score (nSPS) is 17.8. The van der Waals surface area contributed by atoms with Crippen molar-refractivity contribution in [3.05, 3.63) is 52.2 Å². The summed E-state index contributed by atoms with van der Waals surface area (Å²) in [7, 11) is 5.63. The van der Waals surface area contributed by atoms with Gasteiger partial charge in [-0.05, 0) is 62.5 Å². The third kappa shape index (κ3) is 5.16. The molecule has 2 heterocycles. The fourth-order valence-corrected chi connectivity index (χ4v) is 4.43. The molecule has 0 spiro atoms. The molecule has 1 aromatic heterocycles. The molecular weight excluding hydrogens is 386 g/mol. The number of thiophene rings is 1. The highest BCUT2D eigenvalue weighted by molar-refractivity contribution is 7.12. The number of carbonyl (C=O) groups excluding carboxylic acids is 2. The number of benzene rings is 1. The maximum Gasteiger partial charge on any atom is 0.264 e. The number of nitrogens with zero attached hydrogens (tertiary/aromatic N) is 2. The molecule has 2 aromatic rings. The van der Waals surface area contributed by atoms with Crippen LogP contribution in [0.1, 0.15) is 40.5 Å². The van der Waals surface area contributed by atoms with E-state index < -0.39 is 6.04 Å². The first kappa shape index (κ1) is 21.3. The molecular formula is C22H29N3O3S. The molecule has 1 saturated heterocycles. The van der Waals surface area contributed by atoms with Crippen molar-refractivity contribution in [1.29, 1.82) is 0 Å². The Balaban J connectivity index is 1.69. The summed E-state index contributed by atoms with van der Waals surface area (Å²) in [5.41, 5.74) is 1.07. The van der Waals surface area contributed by atoms with Gasteiger partial charge < -0.3 is 19.9 Å². The Kier molecular flexibility index (Phi) is 7.28. The Bertz CT molecular complexity index is 822. The van der Waals surface area contributed by atoms with Crippen LogP contribution in [0.2, 0.25) is 0 Å². The molecule has 3 rings (SSSR count). The molecule has 1 aliphatic rings. The third-order valence-corrected chi connectivity index (χ3v) is 6.23. The monoisotopic (exact) mass is 415 g/mol. The van der Waals surface area contributed by atoms with Crippen molar-refractivity contribution in [1.82, 2.24) is 15.1 Å². The number of likely N-dealkylation sites (tertiary alicyclic amines) is 1. The SMILES string of the molecule is COc1cccc(C(CNC(=O)C2CCCCN2C(=O)c2cccs2)N(C)C)c1. The Hall–Kier alpha value is -2.38. The van der Waals surface area contributed by atoms with Crippen molar-refractivity contribution in [2.45, 2.75) is 31.3 Å². The summed E-state index contributed by atoms with van der Waals surface area (Å²) in [6.45, 7) is 1.10. The molecule has 2 amide bonds. The summed E-state index contributed by atoms with van der Waals surface area (Å²) in [5.74, 6) is 0.668. The summed E-state index contributed by atoms with van der Waals surface area (Å²) in [4.78, 5) is 30.4. The Labute approximate surface area is 176 Å². The van der Waals surface area contributed by atoms with Gasteiger partial charge in [-0.25, -0.2) is 0 Å². The quantitative estimate of drug-likeness (QED) is 0.755. The van der Waals surface area contributed by atoms with Gasteiger partial charge in [0, 0.05) is 13.1 Å². The number of piperidine rings is 1. The number of amides is 2. The lowest BCUT2D eigenvalue weighted by molar-refractivity contribution is -0.126. The lowest BCUT2D eigenvalue weighted by Gasteiger charge is -2.35. The molecule has 2 unspecified atom stereocenters. The number of hydrogen-bond donors (Lipinski definition) is 1. The number of rotatable bonds is 7. The third-order valence-electron chi connectivity index (χ3n) is 5.37. The van der Waals surface area contributed by atoms with Crippen molar-refractivity contribution >= 4 is 23.2 Å². The summed E-state index contributed by atoms with van der Waals surface area (Å²) < 4.78 is 5.33. The van der Waals surface area contributed by atoms with Crippen molar-refractivity contribution in [3.63, 3.8) is 0 Å². The molecule has 7 heteroatoms. The second-order valence-corrected chi connectivity index (χ2v) is 8.44. The van der Waals surface area contributed by atoms with Crippen LogP contribution in [-0.4, -0.2) is 62.0 Å². The lowest BCUT2D eigenvalue weighted by Crippen LogP contribution is -2.52. The van der Waals surface area contributed by atoms with Gasteiger partial charge in [0.05, 0.1) is 18.0 Å². The smallest absolute Gasteiger partial charge is 0.264 e. The van der Waals surface area contributed by atoms with Crippen molar-refractivity contribution < 1.29 is 14.3 Å². The highest BCUT2D eigenvalue weighted by atomic mass is 32.1. The zero-order chi connectivity index (χ0) is 20.8. The Morgan fingerprint density at radius 1 is 1.28 bits per heavy atom. The Morgan fingerprint density at radius 2 is 2.10 bits per heavy atom. The van der Waals surface area contributed by atoms with E-state index in [-0.39, 0.29) is 17.9 Å². The largest absolute Gasteiger partial charge is 0.497 e. The summed E-state index contributed by atoms with van der Waals surface area (Å²) >= 11 is 1.42. The summed E-state index contributed by atoms with van der Waals surface area (Å²) in [6.07, 6.45) is 2.60. The first-order valence-corrected chi connectivity index (χ1v) is 10.8. The minimum atomic E-state index is -0.411. The van der Waals surface area contributed by atoms with E-state index in [2.05, 4.69) is 10.2 Å².